The quantitative estimate of drug-likeness (QED) is 0.794. The van der Waals surface area contributed by atoms with E-state index in [0.29, 0.717) is 30.5 Å². The van der Waals surface area contributed by atoms with Gasteiger partial charge in [-0.3, -0.25) is 0 Å². The van der Waals surface area contributed by atoms with Gasteiger partial charge in [-0.05, 0) is 54.5 Å². The van der Waals surface area contributed by atoms with E-state index in [-0.39, 0.29) is 10.3 Å². The Morgan fingerprint density at radius 2 is 1.69 bits per heavy atom. The predicted molar refractivity (Wildman–Crippen MR) is 102 cm³/mol. The molecule has 0 N–H and O–H groups in total. The summed E-state index contributed by atoms with van der Waals surface area (Å²) in [5.41, 5.74) is 0.645. The number of likely N-dealkylation sites (tertiary alicyclic amines) is 1. The van der Waals surface area contributed by atoms with Crippen LogP contribution in [0.2, 0.25) is 0 Å². The number of nitriles is 1. The number of nitrogens with zero attached hydrogens (tertiary/aromatic N) is 3. The highest BCUT2D eigenvalue weighted by atomic mass is 32.2. The van der Waals surface area contributed by atoms with Gasteiger partial charge in [-0.1, -0.05) is 27.2 Å². The standard InChI is InChI=1S/C20H29N3O2S/c1-4-5-10-22-12-17-14-23(15-18(13-22)20(17,2)3)26(24,25)19-8-6-16(11-21)7-9-19/h6-9,17-18H,4-5,10,12-15H2,1-3H3. The van der Waals surface area contributed by atoms with Gasteiger partial charge >= 0.3 is 0 Å². The van der Waals surface area contributed by atoms with Gasteiger partial charge in [0, 0.05) is 26.2 Å². The molecule has 2 saturated heterocycles. The zero-order valence-corrected chi connectivity index (χ0v) is 16.8. The van der Waals surface area contributed by atoms with Gasteiger partial charge in [0.2, 0.25) is 10.0 Å². The molecule has 2 heterocycles. The van der Waals surface area contributed by atoms with Crippen molar-refractivity contribution in [2.45, 2.75) is 38.5 Å². The summed E-state index contributed by atoms with van der Waals surface area (Å²) in [5.74, 6) is 0.694. The van der Waals surface area contributed by atoms with Gasteiger partial charge in [-0.15, -0.1) is 0 Å². The number of piperidine rings is 2. The Morgan fingerprint density at radius 1 is 1.12 bits per heavy atom. The van der Waals surface area contributed by atoms with Gasteiger partial charge < -0.3 is 4.90 Å². The topological polar surface area (TPSA) is 64.4 Å². The average Bonchev–Trinajstić information content (AvgIpc) is 2.59. The molecule has 6 heteroatoms. The van der Waals surface area contributed by atoms with E-state index in [1.54, 1.807) is 28.6 Å². The summed E-state index contributed by atoms with van der Waals surface area (Å²) in [6.45, 7) is 11.0. The van der Waals surface area contributed by atoms with Crippen LogP contribution in [0, 0.1) is 28.6 Å². The molecule has 1 aromatic rings. The maximum atomic E-state index is 13.1. The van der Waals surface area contributed by atoms with Gasteiger partial charge in [-0.25, -0.2) is 8.42 Å². The molecule has 0 aliphatic carbocycles. The molecule has 2 unspecified atom stereocenters. The van der Waals surface area contributed by atoms with Crippen LogP contribution in [0.3, 0.4) is 0 Å². The Balaban J connectivity index is 1.80. The van der Waals surface area contributed by atoms with E-state index >= 15 is 0 Å². The molecule has 2 bridgehead atoms. The van der Waals surface area contributed by atoms with E-state index in [2.05, 4.69) is 25.7 Å². The van der Waals surface area contributed by atoms with Crippen LogP contribution >= 0.6 is 0 Å². The highest BCUT2D eigenvalue weighted by Crippen LogP contribution is 2.45. The first-order valence-electron chi connectivity index (χ1n) is 9.51. The lowest BCUT2D eigenvalue weighted by Gasteiger charge is -2.55. The van der Waals surface area contributed by atoms with Crippen molar-refractivity contribution in [1.82, 2.24) is 9.21 Å². The second-order valence-electron chi connectivity index (χ2n) is 8.29. The first-order valence-corrected chi connectivity index (χ1v) is 11.0. The molecule has 142 valence electrons. The maximum absolute atomic E-state index is 13.1. The third kappa shape index (κ3) is 3.53. The number of fused-ring (bicyclic) bond motifs is 2. The van der Waals surface area contributed by atoms with Crippen LogP contribution in [-0.2, 0) is 10.0 Å². The third-order valence-electron chi connectivity index (χ3n) is 6.36. The summed E-state index contributed by atoms with van der Waals surface area (Å²) in [6.07, 6.45) is 2.39. The van der Waals surface area contributed by atoms with E-state index in [0.717, 1.165) is 19.6 Å². The monoisotopic (exact) mass is 375 g/mol. The minimum Gasteiger partial charge on any atom is -0.303 e. The molecule has 2 aliphatic rings. The normalized spacial score (nSPS) is 26.4. The summed E-state index contributed by atoms with van der Waals surface area (Å²) < 4.78 is 27.9. The Labute approximate surface area is 157 Å². The van der Waals surface area contributed by atoms with Crippen molar-refractivity contribution in [3.8, 4) is 6.07 Å². The fraction of sp³-hybridized carbons (Fsp3) is 0.650. The molecule has 5 nitrogen and oxygen atoms in total. The van der Waals surface area contributed by atoms with Crippen LogP contribution in [-0.4, -0.2) is 50.3 Å². The van der Waals surface area contributed by atoms with Gasteiger partial charge in [0.25, 0.3) is 0 Å². The third-order valence-corrected chi connectivity index (χ3v) is 8.20. The lowest BCUT2D eigenvalue weighted by Crippen LogP contribution is -2.62. The smallest absolute Gasteiger partial charge is 0.243 e. The van der Waals surface area contributed by atoms with Crippen LogP contribution in [0.4, 0.5) is 0 Å². The molecule has 0 amide bonds. The van der Waals surface area contributed by atoms with E-state index < -0.39 is 10.0 Å². The molecule has 2 fully saturated rings. The van der Waals surface area contributed by atoms with Crippen molar-refractivity contribution in [1.29, 1.82) is 5.26 Å². The number of unbranched alkanes of at least 4 members (excludes halogenated alkanes) is 1. The molecule has 2 atom stereocenters. The highest BCUT2D eigenvalue weighted by molar-refractivity contribution is 7.89. The minimum absolute atomic E-state index is 0.166. The summed E-state index contributed by atoms with van der Waals surface area (Å²) in [6, 6.07) is 8.30. The molecule has 3 rings (SSSR count). The first kappa shape index (κ1) is 19.3. The summed E-state index contributed by atoms with van der Waals surface area (Å²) >= 11 is 0. The van der Waals surface area contributed by atoms with Gasteiger partial charge in [-0.2, -0.15) is 9.57 Å². The van der Waals surface area contributed by atoms with E-state index in [1.165, 1.54) is 12.8 Å². The van der Waals surface area contributed by atoms with Crippen LogP contribution in [0.25, 0.3) is 0 Å². The SMILES string of the molecule is CCCCN1CC2CN(S(=O)(=O)c3ccc(C#N)cc3)CC(C1)C2(C)C. The number of hydrogen-bond acceptors (Lipinski definition) is 4. The van der Waals surface area contributed by atoms with Gasteiger partial charge in [0.05, 0.1) is 16.5 Å². The number of benzene rings is 1. The number of rotatable bonds is 5. The predicted octanol–water partition coefficient (Wildman–Crippen LogP) is 2.94. The zero-order chi connectivity index (χ0) is 18.9. The Bertz CT molecular complexity index is 762. The van der Waals surface area contributed by atoms with Gasteiger partial charge in [0.15, 0.2) is 0 Å². The molecular formula is C20H29N3O2S. The second kappa shape index (κ2) is 7.30. The van der Waals surface area contributed by atoms with Crippen molar-refractivity contribution >= 4 is 10.0 Å². The van der Waals surface area contributed by atoms with Crippen LogP contribution in [0.5, 0.6) is 0 Å². The number of hydrogen-bond donors (Lipinski definition) is 0. The van der Waals surface area contributed by atoms with Crippen LogP contribution < -0.4 is 0 Å². The van der Waals surface area contributed by atoms with Crippen molar-refractivity contribution in [3.05, 3.63) is 29.8 Å². The zero-order valence-electron chi connectivity index (χ0n) is 16.0. The largest absolute Gasteiger partial charge is 0.303 e. The van der Waals surface area contributed by atoms with E-state index in [9.17, 15) is 8.42 Å². The van der Waals surface area contributed by atoms with E-state index in [1.807, 2.05) is 6.07 Å². The molecule has 1 aromatic carbocycles. The molecular weight excluding hydrogens is 346 g/mol. The van der Waals surface area contributed by atoms with Crippen LogP contribution in [0.1, 0.15) is 39.2 Å². The fourth-order valence-electron chi connectivity index (χ4n) is 4.27. The summed E-state index contributed by atoms with van der Waals surface area (Å²) in [7, 11) is -3.51. The van der Waals surface area contributed by atoms with E-state index in [4.69, 9.17) is 5.26 Å². The number of sulfonamides is 1. The fourth-order valence-corrected chi connectivity index (χ4v) is 5.80. The lowest BCUT2D eigenvalue weighted by molar-refractivity contribution is -0.0493. The van der Waals surface area contributed by atoms with Crippen molar-refractivity contribution in [2.24, 2.45) is 17.3 Å². The van der Waals surface area contributed by atoms with Crippen molar-refractivity contribution < 1.29 is 8.42 Å². The first-order chi connectivity index (χ1) is 12.3. The second-order valence-corrected chi connectivity index (χ2v) is 10.2. The minimum atomic E-state index is -3.51. The lowest BCUT2D eigenvalue weighted by atomic mass is 9.64. The van der Waals surface area contributed by atoms with Gasteiger partial charge in [0.1, 0.15) is 0 Å². The summed E-state index contributed by atoms with van der Waals surface area (Å²) in [5, 5.41) is 8.92. The molecule has 2 aliphatic heterocycles. The molecule has 0 radical (unpaired) electrons. The van der Waals surface area contributed by atoms with Crippen molar-refractivity contribution in [2.75, 3.05) is 32.7 Å². The Kier molecular flexibility index (Phi) is 5.43. The summed E-state index contributed by atoms with van der Waals surface area (Å²) in [4.78, 5) is 2.81. The molecule has 0 saturated carbocycles. The molecule has 0 aromatic heterocycles. The van der Waals surface area contributed by atoms with Crippen LogP contribution in [0.15, 0.2) is 29.2 Å². The Morgan fingerprint density at radius 3 is 2.19 bits per heavy atom. The van der Waals surface area contributed by atoms with Crippen molar-refractivity contribution in [3.63, 3.8) is 0 Å². The maximum Gasteiger partial charge on any atom is 0.243 e. The molecule has 26 heavy (non-hydrogen) atoms. The Hall–Kier alpha value is -1.42. The average molecular weight is 376 g/mol. The molecule has 0 spiro atoms. The highest BCUT2D eigenvalue weighted by Gasteiger charge is 2.49.